The normalized spacial score (nSPS) is 17.6. The van der Waals surface area contributed by atoms with Crippen molar-refractivity contribution in [3.8, 4) is 6.07 Å². The van der Waals surface area contributed by atoms with Crippen molar-refractivity contribution >= 4 is 27.6 Å². The van der Waals surface area contributed by atoms with Gasteiger partial charge in [0.15, 0.2) is 0 Å². The molecule has 1 aliphatic rings. The number of carboxylic acid groups (broad SMARTS) is 1. The van der Waals surface area contributed by atoms with E-state index in [0.29, 0.717) is 18.7 Å². The molecule has 5 nitrogen and oxygen atoms in total. The Kier molecular flexibility index (Phi) is 4.63. The van der Waals surface area contributed by atoms with Gasteiger partial charge in [0.1, 0.15) is 12.1 Å². The van der Waals surface area contributed by atoms with Gasteiger partial charge in [0, 0.05) is 30.7 Å². The lowest BCUT2D eigenvalue weighted by atomic mass is 10.1. The number of carboxylic acids is 1. The molecule has 0 bridgehead atoms. The van der Waals surface area contributed by atoms with Crippen molar-refractivity contribution in [3.63, 3.8) is 0 Å². The fourth-order valence-corrected chi connectivity index (χ4v) is 2.84. The summed E-state index contributed by atoms with van der Waals surface area (Å²) in [4.78, 5) is 15.1. The molecule has 1 heterocycles. The third-order valence-electron chi connectivity index (χ3n) is 3.66. The second-order valence-corrected chi connectivity index (χ2v) is 5.64. The zero-order valence-electron chi connectivity index (χ0n) is 11.2. The summed E-state index contributed by atoms with van der Waals surface area (Å²) < 4.78 is 0.791. The van der Waals surface area contributed by atoms with E-state index in [-0.39, 0.29) is 0 Å². The van der Waals surface area contributed by atoms with Crippen LogP contribution in [0, 0.1) is 11.3 Å². The minimum Gasteiger partial charge on any atom is -0.480 e. The minimum absolute atomic E-state index is 0.463. The maximum absolute atomic E-state index is 11.0. The van der Waals surface area contributed by atoms with Gasteiger partial charge in [-0.2, -0.15) is 5.26 Å². The molecule has 1 saturated heterocycles. The zero-order chi connectivity index (χ0) is 14.7. The van der Waals surface area contributed by atoms with Crippen LogP contribution >= 0.6 is 15.9 Å². The number of hydrogen-bond donors (Lipinski definition) is 1. The maximum atomic E-state index is 11.0. The molecular weight excluding hydrogens is 322 g/mol. The van der Waals surface area contributed by atoms with Crippen LogP contribution in [0.5, 0.6) is 0 Å². The van der Waals surface area contributed by atoms with Crippen molar-refractivity contribution in [2.75, 3.05) is 31.1 Å². The van der Waals surface area contributed by atoms with Gasteiger partial charge in [0.25, 0.3) is 0 Å². The molecule has 1 unspecified atom stereocenters. The van der Waals surface area contributed by atoms with Gasteiger partial charge >= 0.3 is 5.97 Å². The molecule has 1 aromatic rings. The van der Waals surface area contributed by atoms with Crippen LogP contribution in [0.3, 0.4) is 0 Å². The van der Waals surface area contributed by atoms with E-state index in [1.54, 1.807) is 6.92 Å². The molecule has 20 heavy (non-hydrogen) atoms. The van der Waals surface area contributed by atoms with Crippen molar-refractivity contribution in [2.45, 2.75) is 13.0 Å². The molecular formula is C14H16BrN3O2. The molecule has 1 atom stereocenters. The number of benzene rings is 1. The van der Waals surface area contributed by atoms with Crippen LogP contribution < -0.4 is 4.90 Å². The van der Waals surface area contributed by atoms with Crippen LogP contribution in [0.15, 0.2) is 22.7 Å². The smallest absolute Gasteiger partial charge is 0.320 e. The quantitative estimate of drug-likeness (QED) is 0.912. The first-order valence-electron chi connectivity index (χ1n) is 6.45. The van der Waals surface area contributed by atoms with E-state index in [0.717, 1.165) is 23.2 Å². The molecule has 1 fully saturated rings. The Morgan fingerprint density at radius 1 is 1.40 bits per heavy atom. The van der Waals surface area contributed by atoms with Gasteiger partial charge in [-0.15, -0.1) is 0 Å². The van der Waals surface area contributed by atoms with E-state index in [1.165, 1.54) is 0 Å². The predicted octanol–water partition coefficient (Wildman–Crippen LogP) is 1.92. The van der Waals surface area contributed by atoms with Crippen LogP contribution in [-0.2, 0) is 4.79 Å². The number of hydrogen-bond acceptors (Lipinski definition) is 4. The molecule has 1 aromatic carbocycles. The standard InChI is InChI=1S/C14H16BrN3O2/c1-10(14(19)20)17-5-7-18(8-6-17)13-4-2-3-12(15)11(13)9-16/h2-4,10H,5-8H2,1H3,(H,19,20). The van der Waals surface area contributed by atoms with Gasteiger partial charge in [-0.3, -0.25) is 9.69 Å². The largest absolute Gasteiger partial charge is 0.480 e. The van der Waals surface area contributed by atoms with Crippen LogP contribution in [-0.4, -0.2) is 48.2 Å². The van der Waals surface area contributed by atoms with Crippen LogP contribution in [0.4, 0.5) is 5.69 Å². The average molecular weight is 338 g/mol. The van der Waals surface area contributed by atoms with Gasteiger partial charge in [0.2, 0.25) is 0 Å². The fourth-order valence-electron chi connectivity index (χ4n) is 2.39. The summed E-state index contributed by atoms with van der Waals surface area (Å²) >= 11 is 3.39. The molecule has 0 saturated carbocycles. The Bertz CT molecular complexity index is 548. The Hall–Kier alpha value is -1.58. The summed E-state index contributed by atoms with van der Waals surface area (Å²) in [5.41, 5.74) is 1.54. The average Bonchev–Trinajstić information content (AvgIpc) is 2.46. The van der Waals surface area contributed by atoms with Gasteiger partial charge in [-0.05, 0) is 35.0 Å². The molecule has 0 spiro atoms. The van der Waals surface area contributed by atoms with E-state index >= 15 is 0 Å². The van der Waals surface area contributed by atoms with Gasteiger partial charge < -0.3 is 10.0 Å². The number of carbonyl (C=O) groups is 1. The zero-order valence-corrected chi connectivity index (χ0v) is 12.8. The summed E-state index contributed by atoms with van der Waals surface area (Å²) in [5, 5.41) is 18.3. The Morgan fingerprint density at radius 2 is 2.05 bits per heavy atom. The number of halogens is 1. The molecule has 106 valence electrons. The van der Waals surface area contributed by atoms with Crippen molar-refractivity contribution < 1.29 is 9.90 Å². The molecule has 2 rings (SSSR count). The molecule has 1 N–H and O–H groups in total. The lowest BCUT2D eigenvalue weighted by Crippen LogP contribution is -2.51. The Morgan fingerprint density at radius 3 is 2.60 bits per heavy atom. The number of nitrogens with zero attached hydrogens (tertiary/aromatic N) is 3. The Labute approximate surface area is 126 Å². The first-order valence-corrected chi connectivity index (χ1v) is 7.24. The highest BCUT2D eigenvalue weighted by Gasteiger charge is 2.26. The SMILES string of the molecule is CC(C(=O)O)N1CCN(c2cccc(Br)c2C#N)CC1. The van der Waals surface area contributed by atoms with Gasteiger partial charge in [0.05, 0.1) is 11.3 Å². The summed E-state index contributed by atoms with van der Waals surface area (Å²) in [6.07, 6.45) is 0. The van der Waals surface area contributed by atoms with Crippen molar-refractivity contribution in [3.05, 3.63) is 28.2 Å². The summed E-state index contributed by atoms with van der Waals surface area (Å²) in [6.45, 7) is 4.53. The van der Waals surface area contributed by atoms with Crippen molar-refractivity contribution in [1.29, 1.82) is 5.26 Å². The molecule has 0 amide bonds. The van der Waals surface area contributed by atoms with E-state index < -0.39 is 12.0 Å². The van der Waals surface area contributed by atoms with Crippen LogP contribution in [0.1, 0.15) is 12.5 Å². The van der Waals surface area contributed by atoms with Crippen molar-refractivity contribution in [2.24, 2.45) is 0 Å². The number of piperazine rings is 1. The second kappa shape index (κ2) is 6.25. The molecule has 1 aliphatic heterocycles. The topological polar surface area (TPSA) is 67.6 Å². The van der Waals surface area contributed by atoms with E-state index in [9.17, 15) is 10.1 Å². The number of rotatable bonds is 3. The maximum Gasteiger partial charge on any atom is 0.320 e. The molecule has 0 radical (unpaired) electrons. The third kappa shape index (κ3) is 2.94. The molecule has 6 heteroatoms. The predicted molar refractivity (Wildman–Crippen MR) is 79.7 cm³/mol. The van der Waals surface area contributed by atoms with Gasteiger partial charge in [-0.1, -0.05) is 6.07 Å². The highest BCUT2D eigenvalue weighted by atomic mass is 79.9. The Balaban J connectivity index is 2.10. The number of aliphatic carboxylic acids is 1. The summed E-state index contributed by atoms with van der Waals surface area (Å²) in [6, 6.07) is 7.45. The van der Waals surface area contributed by atoms with E-state index in [4.69, 9.17) is 5.11 Å². The van der Waals surface area contributed by atoms with Crippen molar-refractivity contribution in [1.82, 2.24) is 4.90 Å². The number of nitriles is 1. The first-order chi connectivity index (χ1) is 9.54. The van der Waals surface area contributed by atoms with Crippen LogP contribution in [0.25, 0.3) is 0 Å². The lowest BCUT2D eigenvalue weighted by Gasteiger charge is -2.38. The highest BCUT2D eigenvalue weighted by molar-refractivity contribution is 9.10. The molecule has 0 aliphatic carbocycles. The lowest BCUT2D eigenvalue weighted by molar-refractivity contribution is -0.142. The van der Waals surface area contributed by atoms with E-state index in [2.05, 4.69) is 26.9 Å². The summed E-state index contributed by atoms with van der Waals surface area (Å²) in [7, 11) is 0. The van der Waals surface area contributed by atoms with Gasteiger partial charge in [-0.25, -0.2) is 0 Å². The summed E-state index contributed by atoms with van der Waals surface area (Å²) in [5.74, 6) is -0.793. The highest BCUT2D eigenvalue weighted by Crippen LogP contribution is 2.28. The monoisotopic (exact) mass is 337 g/mol. The fraction of sp³-hybridized carbons (Fsp3) is 0.429. The minimum atomic E-state index is -0.793. The number of anilines is 1. The molecule has 0 aromatic heterocycles. The second-order valence-electron chi connectivity index (χ2n) is 4.78. The van der Waals surface area contributed by atoms with Crippen LogP contribution in [0.2, 0.25) is 0 Å². The third-order valence-corrected chi connectivity index (χ3v) is 4.32. The first kappa shape index (κ1) is 14.8. The van der Waals surface area contributed by atoms with E-state index in [1.807, 2.05) is 23.1 Å².